The average Bonchev–Trinajstić information content (AvgIpc) is 3.08. The maximum atomic E-state index is 14.1. The van der Waals surface area contributed by atoms with Gasteiger partial charge in [0.25, 0.3) is 11.8 Å². The molecule has 4 rings (SSSR count). The number of benzene rings is 3. The third-order valence-corrected chi connectivity index (χ3v) is 5.19. The average molecular weight is 453 g/mol. The second-order valence-corrected chi connectivity index (χ2v) is 7.28. The summed E-state index contributed by atoms with van der Waals surface area (Å²) in [5, 5.41) is 1.44. The Morgan fingerprint density at radius 2 is 1.81 bits per heavy atom. The highest BCUT2D eigenvalue weighted by Gasteiger charge is 2.34. The van der Waals surface area contributed by atoms with Crippen LogP contribution in [0.2, 0.25) is 5.02 Å². The largest absolute Gasteiger partial charge is 0.493 e. The summed E-state index contributed by atoms with van der Waals surface area (Å²) in [5.74, 6) is -0.753. The van der Waals surface area contributed by atoms with Crippen LogP contribution in [0.1, 0.15) is 11.1 Å². The summed E-state index contributed by atoms with van der Waals surface area (Å²) in [6.45, 7) is -0.122. The molecule has 162 valence electrons. The van der Waals surface area contributed by atoms with Gasteiger partial charge in [-0.2, -0.15) is 0 Å². The number of amides is 2. The highest BCUT2D eigenvalue weighted by molar-refractivity contribution is 6.32. The minimum Gasteiger partial charge on any atom is -0.493 e. The molecule has 0 aromatic heterocycles. The van der Waals surface area contributed by atoms with Crippen molar-refractivity contribution in [1.82, 2.24) is 5.43 Å². The number of nitrogens with one attached hydrogen (secondary N) is 1. The Morgan fingerprint density at radius 1 is 1.03 bits per heavy atom. The molecule has 0 spiro atoms. The molecule has 1 aliphatic rings. The Morgan fingerprint density at radius 3 is 2.53 bits per heavy atom. The van der Waals surface area contributed by atoms with E-state index in [4.69, 9.17) is 21.1 Å². The molecule has 2 amide bonds. The number of carbonyl (C=O) groups is 2. The van der Waals surface area contributed by atoms with Crippen LogP contribution in [0, 0.1) is 5.82 Å². The number of hydrazine groups is 1. The van der Waals surface area contributed by atoms with Crippen LogP contribution in [0.15, 0.2) is 72.3 Å². The quantitative estimate of drug-likeness (QED) is 0.441. The molecule has 1 fully saturated rings. The van der Waals surface area contributed by atoms with Gasteiger partial charge in [0.1, 0.15) is 18.0 Å². The van der Waals surface area contributed by atoms with Gasteiger partial charge >= 0.3 is 0 Å². The van der Waals surface area contributed by atoms with Crippen molar-refractivity contribution in [1.29, 1.82) is 0 Å². The number of rotatable bonds is 6. The fraction of sp³-hybridized carbons (Fsp3) is 0.0833. The Kier molecular flexibility index (Phi) is 6.09. The number of carbonyl (C=O) groups excluding carboxylic acids is 2. The number of hydrogen-bond donors (Lipinski definition) is 1. The zero-order chi connectivity index (χ0) is 22.7. The summed E-state index contributed by atoms with van der Waals surface area (Å²) >= 11 is 6.06. The molecule has 0 atom stereocenters. The third-order valence-electron chi connectivity index (χ3n) is 4.84. The van der Waals surface area contributed by atoms with E-state index in [2.05, 4.69) is 5.43 Å². The van der Waals surface area contributed by atoms with Crippen LogP contribution in [0.3, 0.4) is 0 Å². The van der Waals surface area contributed by atoms with E-state index < -0.39 is 17.6 Å². The molecule has 1 aliphatic heterocycles. The molecule has 1 N–H and O–H groups in total. The Balaban J connectivity index is 1.60. The third kappa shape index (κ3) is 4.29. The van der Waals surface area contributed by atoms with Crippen LogP contribution in [0.25, 0.3) is 6.08 Å². The highest BCUT2D eigenvalue weighted by Crippen LogP contribution is 2.31. The van der Waals surface area contributed by atoms with E-state index in [9.17, 15) is 14.0 Å². The summed E-state index contributed by atoms with van der Waals surface area (Å²) in [6.07, 6.45) is 1.46. The second kappa shape index (κ2) is 9.11. The van der Waals surface area contributed by atoms with Crippen molar-refractivity contribution in [2.45, 2.75) is 6.61 Å². The van der Waals surface area contributed by atoms with Gasteiger partial charge in [0, 0.05) is 5.56 Å². The molecule has 32 heavy (non-hydrogen) atoms. The van der Waals surface area contributed by atoms with E-state index in [1.807, 2.05) is 6.07 Å². The molecule has 3 aromatic rings. The lowest BCUT2D eigenvalue weighted by Gasteiger charge is -2.14. The summed E-state index contributed by atoms with van der Waals surface area (Å²) in [4.78, 5) is 25.2. The number of anilines is 1. The van der Waals surface area contributed by atoms with Gasteiger partial charge in [-0.15, -0.1) is 0 Å². The van der Waals surface area contributed by atoms with Gasteiger partial charge < -0.3 is 9.47 Å². The summed E-state index contributed by atoms with van der Waals surface area (Å²) in [7, 11) is 1.47. The van der Waals surface area contributed by atoms with Gasteiger partial charge in [0.2, 0.25) is 0 Å². The summed E-state index contributed by atoms with van der Waals surface area (Å²) < 4.78 is 25.1. The zero-order valence-corrected chi connectivity index (χ0v) is 17.7. The van der Waals surface area contributed by atoms with Crippen molar-refractivity contribution >= 4 is 35.2 Å². The number of methoxy groups -OCH3 is 1. The number of ether oxygens (including phenoxy) is 2. The van der Waals surface area contributed by atoms with Gasteiger partial charge in [-0.3, -0.25) is 15.0 Å². The number of hydrogen-bond acceptors (Lipinski definition) is 4. The molecule has 6 nitrogen and oxygen atoms in total. The minimum atomic E-state index is -0.518. The van der Waals surface area contributed by atoms with Crippen molar-refractivity contribution in [3.05, 3.63) is 94.3 Å². The predicted molar refractivity (Wildman–Crippen MR) is 119 cm³/mol. The van der Waals surface area contributed by atoms with Gasteiger partial charge in [-0.25, -0.2) is 9.40 Å². The standard InChI is InChI=1S/C24H18ClFN2O4/c1-31-21-11-10-15(13-22(21)32-14-18-19(25)8-5-9-20(18)26)12-17-23(29)27-28(24(17)30)16-6-3-2-4-7-16/h2-13H,14H2,1H3,(H,27,29)/b17-12-. The molecule has 0 aliphatic carbocycles. The molecule has 0 saturated carbocycles. The fourth-order valence-corrected chi connectivity index (χ4v) is 3.42. The molecular weight excluding hydrogens is 435 g/mol. The fourth-order valence-electron chi connectivity index (χ4n) is 3.20. The molecule has 0 bridgehead atoms. The SMILES string of the molecule is COc1ccc(/C=C2/C(=O)NN(c3ccccc3)C2=O)cc1OCc1c(F)cccc1Cl. The lowest BCUT2D eigenvalue weighted by molar-refractivity contribution is -0.117. The van der Waals surface area contributed by atoms with Crippen LogP contribution in [0.5, 0.6) is 11.5 Å². The van der Waals surface area contributed by atoms with Gasteiger partial charge in [0.05, 0.1) is 17.8 Å². The monoisotopic (exact) mass is 452 g/mol. The highest BCUT2D eigenvalue weighted by atomic mass is 35.5. The van der Waals surface area contributed by atoms with Crippen molar-refractivity contribution in [2.24, 2.45) is 0 Å². The summed E-state index contributed by atoms with van der Waals surface area (Å²) in [5.41, 5.74) is 3.82. The van der Waals surface area contributed by atoms with Crippen LogP contribution >= 0.6 is 11.6 Å². The number of para-hydroxylation sites is 1. The smallest absolute Gasteiger partial charge is 0.282 e. The maximum absolute atomic E-state index is 14.1. The normalized spacial score (nSPS) is 14.6. The van der Waals surface area contributed by atoms with E-state index in [1.54, 1.807) is 48.5 Å². The second-order valence-electron chi connectivity index (χ2n) is 6.87. The topological polar surface area (TPSA) is 67.9 Å². The summed E-state index contributed by atoms with van der Waals surface area (Å²) in [6, 6.07) is 18.1. The van der Waals surface area contributed by atoms with Crippen molar-refractivity contribution in [3.8, 4) is 11.5 Å². The van der Waals surface area contributed by atoms with Crippen molar-refractivity contribution in [3.63, 3.8) is 0 Å². The number of halogens is 2. The first-order chi connectivity index (χ1) is 15.5. The first-order valence-electron chi connectivity index (χ1n) is 9.64. The van der Waals surface area contributed by atoms with Gasteiger partial charge in [-0.05, 0) is 48.0 Å². The molecular formula is C24H18ClFN2O4. The molecule has 8 heteroatoms. The Labute approximate surface area is 188 Å². The Bertz CT molecular complexity index is 1190. The lowest BCUT2D eigenvalue weighted by atomic mass is 10.1. The number of nitrogens with zero attached hydrogens (tertiary/aromatic N) is 1. The van der Waals surface area contributed by atoms with E-state index in [1.165, 1.54) is 30.3 Å². The maximum Gasteiger partial charge on any atom is 0.282 e. The zero-order valence-electron chi connectivity index (χ0n) is 17.0. The van der Waals surface area contributed by atoms with Crippen LogP contribution in [-0.2, 0) is 16.2 Å². The first kappa shape index (κ1) is 21.4. The van der Waals surface area contributed by atoms with Gasteiger partial charge in [0.15, 0.2) is 11.5 Å². The van der Waals surface area contributed by atoms with Crippen LogP contribution < -0.4 is 19.9 Å². The molecule has 0 radical (unpaired) electrons. The predicted octanol–water partition coefficient (Wildman–Crippen LogP) is 4.53. The van der Waals surface area contributed by atoms with E-state index >= 15 is 0 Å². The van der Waals surface area contributed by atoms with Crippen LogP contribution in [0.4, 0.5) is 10.1 Å². The molecule has 1 heterocycles. The van der Waals surface area contributed by atoms with Crippen molar-refractivity contribution in [2.75, 3.05) is 12.1 Å². The van der Waals surface area contributed by atoms with E-state index in [0.29, 0.717) is 22.7 Å². The molecule has 3 aromatic carbocycles. The van der Waals surface area contributed by atoms with Crippen molar-refractivity contribution < 1.29 is 23.5 Å². The van der Waals surface area contributed by atoms with Crippen LogP contribution in [-0.4, -0.2) is 18.9 Å². The van der Waals surface area contributed by atoms with E-state index in [0.717, 1.165) is 0 Å². The molecule has 1 saturated heterocycles. The Hall–Kier alpha value is -3.84. The van der Waals surface area contributed by atoms with E-state index in [-0.39, 0.29) is 22.8 Å². The lowest BCUT2D eigenvalue weighted by Crippen LogP contribution is -2.35. The first-order valence-corrected chi connectivity index (χ1v) is 10.0. The minimum absolute atomic E-state index is 0.0258. The van der Waals surface area contributed by atoms with Gasteiger partial charge in [-0.1, -0.05) is 41.9 Å². The molecule has 0 unspecified atom stereocenters.